The molecule has 0 bridgehead atoms. The molecule has 6 nitrogen and oxygen atoms in total. The zero-order valence-electron chi connectivity index (χ0n) is 17.0. The largest absolute Gasteiger partial charge is 0.381 e. The fraction of sp³-hybridized carbons (Fsp3) is 0.500. The maximum Gasteiger partial charge on any atom is 0.252 e. The van der Waals surface area contributed by atoms with Gasteiger partial charge in [-0.15, -0.1) is 11.3 Å². The van der Waals surface area contributed by atoms with Crippen molar-refractivity contribution in [3.05, 3.63) is 53.4 Å². The summed E-state index contributed by atoms with van der Waals surface area (Å²) < 4.78 is 33.1. The molecule has 2 fully saturated rings. The maximum atomic E-state index is 13.0. The number of carbonyl (C=O) groups excluding carboxylic acids is 1. The Morgan fingerprint density at radius 2 is 1.93 bits per heavy atom. The monoisotopic (exact) mass is 448 g/mol. The van der Waals surface area contributed by atoms with E-state index in [2.05, 4.69) is 17.4 Å². The molecule has 2 aliphatic rings. The van der Waals surface area contributed by atoms with E-state index in [9.17, 15) is 13.2 Å². The van der Waals surface area contributed by atoms with Gasteiger partial charge >= 0.3 is 0 Å². The zero-order valence-corrected chi connectivity index (χ0v) is 18.6. The standard InChI is InChI=1S/C22H28N2O4S2/c25-21(18-6-4-12-24(16-18)30(26,27)20-9-5-15-29-20)23-17-22(10-13-28-14-11-22)19-7-2-1-3-8-19/h1-3,5,7-9,15,18H,4,6,10-14,16-17H2,(H,23,25)/t18-/m1/s1. The average Bonchev–Trinajstić information content (AvgIpc) is 3.35. The number of nitrogens with zero attached hydrogens (tertiary/aromatic N) is 1. The van der Waals surface area contributed by atoms with Crippen molar-refractivity contribution in [3.8, 4) is 0 Å². The molecule has 4 rings (SSSR count). The lowest BCUT2D eigenvalue weighted by molar-refractivity contribution is -0.126. The molecule has 0 saturated carbocycles. The molecule has 1 N–H and O–H groups in total. The molecule has 1 amide bonds. The van der Waals surface area contributed by atoms with Crippen LogP contribution in [0.1, 0.15) is 31.2 Å². The van der Waals surface area contributed by atoms with Gasteiger partial charge in [-0.1, -0.05) is 36.4 Å². The lowest BCUT2D eigenvalue weighted by atomic mass is 9.74. The molecule has 0 aliphatic carbocycles. The summed E-state index contributed by atoms with van der Waals surface area (Å²) >= 11 is 1.22. The summed E-state index contributed by atoms with van der Waals surface area (Å²) in [6.07, 6.45) is 3.13. The fourth-order valence-corrected chi connectivity index (χ4v) is 7.10. The van der Waals surface area contributed by atoms with Crippen LogP contribution in [-0.2, 0) is 25.0 Å². The van der Waals surface area contributed by atoms with Crippen LogP contribution < -0.4 is 5.32 Å². The molecule has 8 heteroatoms. The highest BCUT2D eigenvalue weighted by atomic mass is 32.2. The van der Waals surface area contributed by atoms with Crippen molar-refractivity contribution in [2.24, 2.45) is 5.92 Å². The van der Waals surface area contributed by atoms with E-state index in [1.54, 1.807) is 17.5 Å². The summed E-state index contributed by atoms with van der Waals surface area (Å²) in [5, 5.41) is 4.92. The van der Waals surface area contributed by atoms with Gasteiger partial charge in [0.15, 0.2) is 0 Å². The third kappa shape index (κ3) is 4.46. The van der Waals surface area contributed by atoms with Crippen molar-refractivity contribution in [1.29, 1.82) is 0 Å². The first-order valence-electron chi connectivity index (χ1n) is 10.5. The van der Waals surface area contributed by atoms with Crippen LogP contribution in [0.2, 0.25) is 0 Å². The van der Waals surface area contributed by atoms with Gasteiger partial charge in [0, 0.05) is 38.3 Å². The molecule has 2 aromatic rings. The third-order valence-corrected chi connectivity index (χ3v) is 9.52. The van der Waals surface area contributed by atoms with Crippen molar-refractivity contribution in [2.45, 2.75) is 35.3 Å². The summed E-state index contributed by atoms with van der Waals surface area (Å²) in [4.78, 5) is 13.0. The second-order valence-corrected chi connectivity index (χ2v) is 11.2. The van der Waals surface area contributed by atoms with E-state index in [0.29, 0.717) is 43.4 Å². The smallest absolute Gasteiger partial charge is 0.252 e. The van der Waals surface area contributed by atoms with Crippen LogP contribution in [-0.4, -0.2) is 51.5 Å². The van der Waals surface area contributed by atoms with Crippen LogP contribution in [0.15, 0.2) is 52.1 Å². The minimum Gasteiger partial charge on any atom is -0.381 e. The number of amides is 1. The van der Waals surface area contributed by atoms with Gasteiger partial charge in [-0.25, -0.2) is 8.42 Å². The number of rotatable bonds is 6. The second kappa shape index (κ2) is 9.18. The number of hydrogen-bond donors (Lipinski definition) is 1. The second-order valence-electron chi connectivity index (χ2n) is 8.11. The molecular formula is C22H28N2O4S2. The van der Waals surface area contributed by atoms with Crippen LogP contribution >= 0.6 is 11.3 Å². The molecule has 162 valence electrons. The molecular weight excluding hydrogens is 420 g/mol. The molecule has 1 aromatic heterocycles. The number of ether oxygens (including phenoxy) is 1. The molecule has 2 aliphatic heterocycles. The van der Waals surface area contributed by atoms with Gasteiger partial charge in [0.25, 0.3) is 10.0 Å². The van der Waals surface area contributed by atoms with E-state index in [0.717, 1.165) is 12.8 Å². The highest BCUT2D eigenvalue weighted by Gasteiger charge is 2.37. The molecule has 3 heterocycles. The number of hydrogen-bond acceptors (Lipinski definition) is 5. The first-order valence-corrected chi connectivity index (χ1v) is 12.8. The lowest BCUT2D eigenvalue weighted by Gasteiger charge is -2.38. The highest BCUT2D eigenvalue weighted by molar-refractivity contribution is 7.91. The number of thiophene rings is 1. The Kier molecular flexibility index (Phi) is 6.57. The van der Waals surface area contributed by atoms with Crippen molar-refractivity contribution >= 4 is 27.3 Å². The summed E-state index contributed by atoms with van der Waals surface area (Å²) in [7, 11) is -3.52. The molecule has 2 saturated heterocycles. The molecule has 0 radical (unpaired) electrons. The normalized spacial score (nSPS) is 22.5. The Hall–Kier alpha value is -1.74. The summed E-state index contributed by atoms with van der Waals surface area (Å²) in [6.45, 7) is 2.62. The van der Waals surface area contributed by atoms with Crippen molar-refractivity contribution < 1.29 is 17.9 Å². The van der Waals surface area contributed by atoms with Crippen molar-refractivity contribution in [3.63, 3.8) is 0 Å². The average molecular weight is 449 g/mol. The van der Waals surface area contributed by atoms with E-state index >= 15 is 0 Å². The Balaban J connectivity index is 1.43. The van der Waals surface area contributed by atoms with E-state index in [4.69, 9.17) is 4.74 Å². The predicted molar refractivity (Wildman–Crippen MR) is 117 cm³/mol. The molecule has 0 unspecified atom stereocenters. The Morgan fingerprint density at radius 1 is 1.17 bits per heavy atom. The van der Waals surface area contributed by atoms with Gasteiger partial charge in [0.05, 0.1) is 5.92 Å². The molecule has 30 heavy (non-hydrogen) atoms. The van der Waals surface area contributed by atoms with Crippen LogP contribution in [0, 0.1) is 5.92 Å². The maximum absolute atomic E-state index is 13.0. The van der Waals surface area contributed by atoms with Crippen molar-refractivity contribution in [2.75, 3.05) is 32.8 Å². The van der Waals surface area contributed by atoms with Gasteiger partial charge in [0.2, 0.25) is 5.91 Å². The van der Waals surface area contributed by atoms with E-state index in [1.165, 1.54) is 21.2 Å². The van der Waals surface area contributed by atoms with Gasteiger partial charge in [-0.3, -0.25) is 4.79 Å². The highest BCUT2D eigenvalue weighted by Crippen LogP contribution is 2.34. The minimum atomic E-state index is -3.52. The number of sulfonamides is 1. The predicted octanol–water partition coefficient (Wildman–Crippen LogP) is 3.01. The first-order chi connectivity index (χ1) is 14.5. The van der Waals surface area contributed by atoms with E-state index < -0.39 is 10.0 Å². The summed E-state index contributed by atoms with van der Waals surface area (Å²) in [5.41, 5.74) is 1.09. The summed E-state index contributed by atoms with van der Waals surface area (Å²) in [5.74, 6) is -0.371. The Labute approximate surface area is 182 Å². The third-order valence-electron chi connectivity index (χ3n) is 6.28. The summed E-state index contributed by atoms with van der Waals surface area (Å²) in [6, 6.07) is 13.7. The Bertz CT molecular complexity index is 939. The Morgan fingerprint density at radius 3 is 2.63 bits per heavy atom. The minimum absolute atomic E-state index is 0.0529. The quantitative estimate of drug-likeness (QED) is 0.737. The number of piperidine rings is 1. The van der Waals surface area contributed by atoms with Gasteiger partial charge in [0.1, 0.15) is 4.21 Å². The topological polar surface area (TPSA) is 75.7 Å². The number of carbonyl (C=O) groups is 1. The first kappa shape index (κ1) is 21.5. The van der Waals surface area contributed by atoms with Crippen LogP contribution in [0.4, 0.5) is 0 Å². The van der Waals surface area contributed by atoms with Crippen molar-refractivity contribution in [1.82, 2.24) is 9.62 Å². The van der Waals surface area contributed by atoms with Crippen LogP contribution in [0.5, 0.6) is 0 Å². The lowest BCUT2D eigenvalue weighted by Crippen LogP contribution is -2.49. The zero-order chi connectivity index (χ0) is 21.0. The van der Waals surface area contributed by atoms with E-state index in [-0.39, 0.29) is 23.8 Å². The SMILES string of the molecule is O=C(NCC1(c2ccccc2)CCOCC1)[C@@H]1CCCN(S(=O)(=O)c2cccs2)C1. The van der Waals surface area contributed by atoms with Gasteiger partial charge in [-0.05, 0) is 42.7 Å². The number of benzene rings is 1. The fourth-order valence-electron chi connectivity index (χ4n) is 4.43. The van der Waals surface area contributed by atoms with Gasteiger partial charge < -0.3 is 10.1 Å². The molecule has 1 atom stereocenters. The number of nitrogens with one attached hydrogen (secondary N) is 1. The van der Waals surface area contributed by atoms with E-state index in [1.807, 2.05) is 18.2 Å². The van der Waals surface area contributed by atoms with Gasteiger partial charge in [-0.2, -0.15) is 4.31 Å². The molecule has 1 aromatic carbocycles. The van der Waals surface area contributed by atoms with Crippen LogP contribution in [0.25, 0.3) is 0 Å². The molecule has 0 spiro atoms. The van der Waals surface area contributed by atoms with Crippen LogP contribution in [0.3, 0.4) is 0 Å².